The summed E-state index contributed by atoms with van der Waals surface area (Å²) in [4.78, 5) is 2.60. The molecule has 7 aromatic carbocycles. The Balaban J connectivity index is 1.22. The van der Waals surface area contributed by atoms with E-state index in [2.05, 4.69) is 215 Å². The van der Waals surface area contributed by atoms with Crippen molar-refractivity contribution in [3.8, 4) is 33.4 Å². The number of nitrogens with zero attached hydrogens (tertiary/aromatic N) is 1. The molecule has 0 bridgehead atoms. The molecule has 0 saturated carbocycles. The van der Waals surface area contributed by atoms with Crippen molar-refractivity contribution in [2.75, 3.05) is 4.90 Å². The molecule has 304 valence electrons. The number of hydrogen-bond acceptors (Lipinski definition) is 2. The molecule has 2 nitrogen and oxygen atoms in total. The molecular weight excluding hydrogens is 739 g/mol. The molecule has 0 saturated heterocycles. The van der Waals surface area contributed by atoms with Gasteiger partial charge in [0.2, 0.25) is 0 Å². The van der Waals surface area contributed by atoms with Gasteiger partial charge in [0.25, 0.3) is 0 Å². The molecule has 0 amide bonds. The summed E-state index contributed by atoms with van der Waals surface area (Å²) in [7, 11) is 0. The summed E-state index contributed by atoms with van der Waals surface area (Å²) in [6, 6.07) is 48.9. The number of benzene rings is 7. The van der Waals surface area contributed by atoms with Gasteiger partial charge in [-0.3, -0.25) is 0 Å². The van der Waals surface area contributed by atoms with Crippen LogP contribution in [0.1, 0.15) is 128 Å². The fourth-order valence-corrected chi connectivity index (χ4v) is 11.5. The van der Waals surface area contributed by atoms with E-state index in [1.807, 2.05) is 0 Å². The van der Waals surface area contributed by atoms with Gasteiger partial charge in [-0.1, -0.05) is 168 Å². The fourth-order valence-electron chi connectivity index (χ4n) is 11.5. The van der Waals surface area contributed by atoms with Gasteiger partial charge in [-0.15, -0.1) is 0 Å². The lowest BCUT2D eigenvalue weighted by atomic mass is 9.79. The van der Waals surface area contributed by atoms with Gasteiger partial charge in [0.15, 0.2) is 0 Å². The summed E-state index contributed by atoms with van der Waals surface area (Å²) in [5, 5.41) is 2.39. The summed E-state index contributed by atoms with van der Waals surface area (Å²) >= 11 is 0. The van der Waals surface area contributed by atoms with E-state index in [0.29, 0.717) is 0 Å². The van der Waals surface area contributed by atoms with Crippen LogP contribution in [0.2, 0.25) is 0 Å². The van der Waals surface area contributed by atoms with Gasteiger partial charge in [-0.2, -0.15) is 0 Å². The van der Waals surface area contributed by atoms with Crippen molar-refractivity contribution < 1.29 is 4.42 Å². The fraction of sp³-hybridized carbons (Fsp3) is 0.288. The zero-order valence-electron chi connectivity index (χ0n) is 38.0. The van der Waals surface area contributed by atoms with Crippen LogP contribution in [0.4, 0.5) is 17.1 Å². The first-order chi connectivity index (χ1) is 28.8. The molecule has 1 heterocycles. The zero-order valence-corrected chi connectivity index (χ0v) is 38.0. The lowest BCUT2D eigenvalue weighted by Gasteiger charge is -2.32. The highest BCUT2D eigenvalue weighted by molar-refractivity contribution is 6.10. The molecule has 0 N–H and O–H groups in total. The van der Waals surface area contributed by atoms with Crippen LogP contribution in [0.5, 0.6) is 0 Å². The molecule has 61 heavy (non-hydrogen) atoms. The second kappa shape index (κ2) is 12.2. The molecule has 0 fully saturated rings. The molecule has 0 unspecified atom stereocenters. The van der Waals surface area contributed by atoms with Crippen molar-refractivity contribution in [2.24, 2.45) is 0 Å². The molecule has 3 aliphatic rings. The second-order valence-electron chi connectivity index (χ2n) is 21.8. The van der Waals surface area contributed by atoms with E-state index in [1.54, 1.807) is 0 Å². The Kier molecular flexibility index (Phi) is 7.59. The molecule has 11 rings (SSSR count). The van der Waals surface area contributed by atoms with Crippen molar-refractivity contribution in [3.63, 3.8) is 0 Å². The maximum atomic E-state index is 6.99. The molecule has 0 spiro atoms. The number of furan rings is 1. The quantitative estimate of drug-likeness (QED) is 0.177. The topological polar surface area (TPSA) is 16.4 Å². The summed E-state index contributed by atoms with van der Waals surface area (Å²) in [5.41, 5.74) is 23.6. The van der Waals surface area contributed by atoms with Crippen molar-refractivity contribution in [2.45, 2.75) is 110 Å². The molecule has 3 aliphatic carbocycles. The minimum absolute atomic E-state index is 0.00824. The maximum absolute atomic E-state index is 6.99. The van der Waals surface area contributed by atoms with Crippen LogP contribution < -0.4 is 4.90 Å². The average molecular weight is 796 g/mol. The first-order valence-electron chi connectivity index (χ1n) is 22.3. The summed E-state index contributed by atoms with van der Waals surface area (Å²) < 4.78 is 6.99. The Hall–Kier alpha value is -5.86. The first kappa shape index (κ1) is 38.1. The van der Waals surface area contributed by atoms with Gasteiger partial charge in [-0.05, 0) is 114 Å². The smallest absolute Gasteiger partial charge is 0.139 e. The van der Waals surface area contributed by atoms with Crippen molar-refractivity contribution in [1.82, 2.24) is 0 Å². The summed E-state index contributed by atoms with van der Waals surface area (Å²) in [6.07, 6.45) is 0. The SMILES string of the molecule is CC(C)(C)c1cc(C(C)(C)C)c2oc3cc4c(cc3c2c1)-c1c(N(c2ccc3c(c2)C(C)(C)c2ccccc2-3)c2cccc3c2-c2ccccc2C3(C)C)cccc1C4(C)C. The van der Waals surface area contributed by atoms with Crippen LogP contribution in [0.25, 0.3) is 55.3 Å². The lowest BCUT2D eigenvalue weighted by molar-refractivity contribution is 0.559. The second-order valence-corrected chi connectivity index (χ2v) is 21.8. The summed E-state index contributed by atoms with van der Waals surface area (Å²) in [5.74, 6) is 0. The highest BCUT2D eigenvalue weighted by Gasteiger charge is 2.43. The van der Waals surface area contributed by atoms with Crippen LogP contribution in [0.3, 0.4) is 0 Å². The van der Waals surface area contributed by atoms with Crippen LogP contribution in [0, 0.1) is 0 Å². The van der Waals surface area contributed by atoms with Crippen LogP contribution in [0.15, 0.2) is 132 Å². The third-order valence-corrected chi connectivity index (χ3v) is 14.9. The minimum Gasteiger partial charge on any atom is -0.456 e. The van der Waals surface area contributed by atoms with Gasteiger partial charge in [0, 0.05) is 49.4 Å². The Morgan fingerprint density at radius 3 is 1.59 bits per heavy atom. The van der Waals surface area contributed by atoms with Crippen molar-refractivity contribution in [1.29, 1.82) is 0 Å². The summed E-state index contributed by atoms with van der Waals surface area (Å²) in [6.45, 7) is 28.2. The van der Waals surface area contributed by atoms with Gasteiger partial charge in [0.05, 0.1) is 11.4 Å². The largest absolute Gasteiger partial charge is 0.456 e. The highest BCUT2D eigenvalue weighted by atomic mass is 16.3. The Bertz CT molecular complexity index is 3190. The van der Waals surface area contributed by atoms with E-state index in [0.717, 1.165) is 11.2 Å². The monoisotopic (exact) mass is 795 g/mol. The van der Waals surface area contributed by atoms with Crippen LogP contribution >= 0.6 is 0 Å². The predicted molar refractivity (Wildman–Crippen MR) is 258 cm³/mol. The zero-order chi connectivity index (χ0) is 42.8. The molecule has 1 aromatic heterocycles. The van der Waals surface area contributed by atoms with Crippen LogP contribution in [-0.4, -0.2) is 0 Å². The third kappa shape index (κ3) is 5.14. The van der Waals surface area contributed by atoms with Gasteiger partial charge < -0.3 is 9.32 Å². The standard InChI is InChI=1S/C59H57NO/c1-55(2,3)34-29-40-39-32-41-47(33-51(39)61-54(40)48(30-34)56(4,5)6)59(11,12)45-24-18-26-50(53(41)45)60(35-27-28-37-36-19-13-15-21-42(36)58(9,10)46(37)31-35)49-25-17-23-44-52(49)38-20-14-16-22-43(38)57(44,7)8/h13-33H,1-12H3. The molecular formula is C59H57NO. The number of rotatable bonds is 3. The van der Waals surface area contributed by atoms with Crippen molar-refractivity contribution >= 4 is 39.0 Å². The molecule has 2 heteroatoms. The van der Waals surface area contributed by atoms with E-state index in [1.165, 1.54) is 106 Å². The number of hydrogen-bond donors (Lipinski definition) is 0. The maximum Gasteiger partial charge on any atom is 0.139 e. The van der Waals surface area contributed by atoms with Crippen LogP contribution in [-0.2, 0) is 27.1 Å². The first-order valence-corrected chi connectivity index (χ1v) is 22.3. The minimum atomic E-state index is -0.252. The molecule has 0 aliphatic heterocycles. The average Bonchev–Trinajstić information content (AvgIpc) is 3.85. The molecule has 8 aromatic rings. The number of fused-ring (bicyclic) bond motifs is 12. The highest BCUT2D eigenvalue weighted by Crippen LogP contribution is 2.60. The Morgan fingerprint density at radius 2 is 0.951 bits per heavy atom. The van der Waals surface area contributed by atoms with E-state index in [-0.39, 0.29) is 27.1 Å². The molecule has 0 radical (unpaired) electrons. The Morgan fingerprint density at radius 1 is 0.426 bits per heavy atom. The lowest BCUT2D eigenvalue weighted by Crippen LogP contribution is -2.18. The van der Waals surface area contributed by atoms with E-state index in [4.69, 9.17) is 4.42 Å². The van der Waals surface area contributed by atoms with E-state index < -0.39 is 0 Å². The molecule has 0 atom stereocenters. The van der Waals surface area contributed by atoms with Crippen molar-refractivity contribution in [3.05, 3.63) is 172 Å². The number of anilines is 3. The normalized spacial score (nSPS) is 16.3. The Labute approximate surface area is 362 Å². The third-order valence-electron chi connectivity index (χ3n) is 14.9. The van der Waals surface area contributed by atoms with E-state index in [9.17, 15) is 0 Å². The predicted octanol–water partition coefficient (Wildman–Crippen LogP) is 16.6. The van der Waals surface area contributed by atoms with Gasteiger partial charge in [-0.25, -0.2) is 0 Å². The van der Waals surface area contributed by atoms with E-state index >= 15 is 0 Å². The van der Waals surface area contributed by atoms with Gasteiger partial charge in [0.1, 0.15) is 11.2 Å². The van der Waals surface area contributed by atoms with Gasteiger partial charge >= 0.3 is 0 Å².